The van der Waals surface area contributed by atoms with Gasteiger partial charge in [-0.1, -0.05) is 30.3 Å². The van der Waals surface area contributed by atoms with E-state index in [1.807, 2.05) is 0 Å². The molecule has 3 aromatic rings. The summed E-state index contributed by atoms with van der Waals surface area (Å²) in [7, 11) is 0. The lowest BCUT2D eigenvalue weighted by atomic mass is 10.0. The SMILES string of the molecule is Cc1nc(-c2ccccc2)nc(C(=O)N2CCN(C(=O)c3cc(C(F)(F)F)cc(C(F)(F)F)c3)C(C)C2)c1C(=O)OC(C)C. The molecule has 0 spiro atoms. The highest BCUT2D eigenvalue weighted by atomic mass is 19.4. The minimum atomic E-state index is -5.12. The van der Waals surface area contributed by atoms with Crippen molar-refractivity contribution >= 4 is 17.8 Å². The van der Waals surface area contributed by atoms with Gasteiger partial charge in [0, 0.05) is 36.8 Å². The summed E-state index contributed by atoms with van der Waals surface area (Å²) in [6.07, 6.45) is -10.7. The highest BCUT2D eigenvalue weighted by Gasteiger charge is 2.39. The first-order valence-corrected chi connectivity index (χ1v) is 13.5. The molecule has 1 saturated heterocycles. The van der Waals surface area contributed by atoms with Gasteiger partial charge in [0.05, 0.1) is 22.9 Å². The fourth-order valence-corrected chi connectivity index (χ4v) is 4.80. The molecule has 1 aliphatic heterocycles. The second-order valence-electron chi connectivity index (χ2n) is 10.6. The van der Waals surface area contributed by atoms with Crippen LogP contribution in [0.1, 0.15) is 68.8 Å². The molecule has 0 bridgehead atoms. The van der Waals surface area contributed by atoms with Crippen LogP contribution in [0, 0.1) is 6.92 Å². The Morgan fingerprint density at radius 1 is 0.886 bits per heavy atom. The molecule has 2 heterocycles. The normalized spacial score (nSPS) is 15.8. The van der Waals surface area contributed by atoms with Crippen molar-refractivity contribution < 1.29 is 45.5 Å². The van der Waals surface area contributed by atoms with Crippen molar-refractivity contribution in [3.8, 4) is 11.4 Å². The van der Waals surface area contributed by atoms with E-state index in [0.29, 0.717) is 17.7 Å². The number of carbonyl (C=O) groups excluding carboxylic acids is 3. The molecule has 0 saturated carbocycles. The Kier molecular flexibility index (Phi) is 9.03. The predicted octanol–water partition coefficient (Wildman–Crippen LogP) is 6.04. The first-order chi connectivity index (χ1) is 20.5. The van der Waals surface area contributed by atoms with Crippen molar-refractivity contribution in [2.45, 2.75) is 52.2 Å². The molecule has 1 fully saturated rings. The number of esters is 1. The van der Waals surface area contributed by atoms with E-state index < -0.39 is 59.0 Å². The summed E-state index contributed by atoms with van der Waals surface area (Å²) in [4.78, 5) is 51.3. The van der Waals surface area contributed by atoms with Gasteiger partial charge in [0.2, 0.25) is 0 Å². The van der Waals surface area contributed by atoms with Gasteiger partial charge in [-0.2, -0.15) is 26.3 Å². The maximum atomic E-state index is 13.8. The molecular weight excluding hydrogens is 594 g/mol. The zero-order valence-corrected chi connectivity index (χ0v) is 24.1. The lowest BCUT2D eigenvalue weighted by Gasteiger charge is -2.40. The van der Waals surface area contributed by atoms with Gasteiger partial charge in [0.25, 0.3) is 11.8 Å². The van der Waals surface area contributed by atoms with Crippen LogP contribution in [0.25, 0.3) is 11.4 Å². The first-order valence-electron chi connectivity index (χ1n) is 13.5. The van der Waals surface area contributed by atoms with Crippen LogP contribution >= 0.6 is 0 Å². The summed E-state index contributed by atoms with van der Waals surface area (Å²) >= 11 is 0. The number of nitrogens with zero attached hydrogens (tertiary/aromatic N) is 4. The van der Waals surface area contributed by atoms with Crippen molar-refractivity contribution in [1.82, 2.24) is 19.8 Å². The van der Waals surface area contributed by atoms with Gasteiger partial charge in [-0.25, -0.2) is 14.8 Å². The van der Waals surface area contributed by atoms with E-state index in [1.54, 1.807) is 44.2 Å². The molecule has 1 atom stereocenters. The fourth-order valence-electron chi connectivity index (χ4n) is 4.80. The fraction of sp³-hybridized carbons (Fsp3) is 0.367. The van der Waals surface area contributed by atoms with Crippen LogP contribution < -0.4 is 0 Å². The number of halogens is 6. The smallest absolute Gasteiger partial charge is 0.416 e. The topological polar surface area (TPSA) is 92.7 Å². The highest BCUT2D eigenvalue weighted by molar-refractivity contribution is 6.05. The van der Waals surface area contributed by atoms with Crippen molar-refractivity contribution in [3.05, 3.63) is 82.2 Å². The Labute approximate surface area is 248 Å². The molecule has 2 aromatic carbocycles. The molecule has 234 valence electrons. The maximum absolute atomic E-state index is 13.8. The van der Waals surface area contributed by atoms with Crippen LogP contribution in [-0.4, -0.2) is 69.3 Å². The molecule has 0 N–H and O–H groups in total. The standard InChI is InChI=1S/C30H28F6N4O4/c1-16(2)44-28(43)23-18(4)37-25(19-8-6-5-7-9-19)38-24(23)27(42)39-10-11-40(17(3)15-39)26(41)20-12-21(29(31,32)33)14-22(13-20)30(34,35)36/h5-9,12-14,16-17H,10-11,15H2,1-4H3. The van der Waals surface area contributed by atoms with Crippen molar-refractivity contribution in [1.29, 1.82) is 0 Å². The number of carbonyl (C=O) groups is 3. The van der Waals surface area contributed by atoms with Crippen LogP contribution in [-0.2, 0) is 17.1 Å². The Bertz CT molecular complexity index is 1540. The Morgan fingerprint density at radius 2 is 1.48 bits per heavy atom. The van der Waals surface area contributed by atoms with Crippen LogP contribution in [0.5, 0.6) is 0 Å². The average Bonchev–Trinajstić information content (AvgIpc) is 2.94. The van der Waals surface area contributed by atoms with Crippen LogP contribution in [0.3, 0.4) is 0 Å². The molecule has 2 amide bonds. The van der Waals surface area contributed by atoms with E-state index in [2.05, 4.69) is 9.97 Å². The second-order valence-corrected chi connectivity index (χ2v) is 10.6. The predicted molar refractivity (Wildman–Crippen MR) is 146 cm³/mol. The molecule has 4 rings (SSSR count). The number of rotatable bonds is 5. The third-order valence-corrected chi connectivity index (χ3v) is 6.88. The largest absolute Gasteiger partial charge is 0.459 e. The molecule has 0 radical (unpaired) electrons. The van der Waals surface area contributed by atoms with Crippen molar-refractivity contribution in [2.75, 3.05) is 19.6 Å². The lowest BCUT2D eigenvalue weighted by molar-refractivity contribution is -0.143. The molecule has 1 unspecified atom stereocenters. The summed E-state index contributed by atoms with van der Waals surface area (Å²) in [5.74, 6) is -2.36. The number of hydrogen-bond acceptors (Lipinski definition) is 6. The average molecular weight is 623 g/mol. The van der Waals surface area contributed by atoms with E-state index in [-0.39, 0.29) is 48.5 Å². The zero-order valence-electron chi connectivity index (χ0n) is 24.1. The minimum Gasteiger partial charge on any atom is -0.459 e. The summed E-state index contributed by atoms with van der Waals surface area (Å²) in [5.41, 5.74) is -3.59. The number of piperazine rings is 1. The van der Waals surface area contributed by atoms with Gasteiger partial charge in [-0.3, -0.25) is 9.59 Å². The van der Waals surface area contributed by atoms with Gasteiger partial charge in [0.15, 0.2) is 5.82 Å². The Hall–Kier alpha value is -4.49. The van der Waals surface area contributed by atoms with E-state index in [0.717, 1.165) is 4.90 Å². The number of ether oxygens (including phenoxy) is 1. The van der Waals surface area contributed by atoms with Crippen molar-refractivity contribution in [2.24, 2.45) is 0 Å². The summed E-state index contributed by atoms with van der Waals surface area (Å²) < 4.78 is 85.5. The van der Waals surface area contributed by atoms with Crippen LogP contribution in [0.2, 0.25) is 0 Å². The van der Waals surface area contributed by atoms with Gasteiger partial charge < -0.3 is 14.5 Å². The Balaban J connectivity index is 1.65. The molecule has 14 heteroatoms. The van der Waals surface area contributed by atoms with E-state index in [4.69, 9.17) is 4.74 Å². The summed E-state index contributed by atoms with van der Waals surface area (Å²) in [5, 5.41) is 0. The monoisotopic (exact) mass is 622 g/mol. The minimum absolute atomic E-state index is 0.0495. The number of aromatic nitrogens is 2. The van der Waals surface area contributed by atoms with Crippen LogP contribution in [0.4, 0.5) is 26.3 Å². The molecule has 44 heavy (non-hydrogen) atoms. The molecular formula is C30H28F6N4O4. The van der Waals surface area contributed by atoms with Gasteiger partial charge in [-0.15, -0.1) is 0 Å². The van der Waals surface area contributed by atoms with E-state index in [9.17, 15) is 40.7 Å². The first kappa shape index (κ1) is 32.4. The number of amides is 2. The Morgan fingerprint density at radius 3 is 2.00 bits per heavy atom. The summed E-state index contributed by atoms with van der Waals surface area (Å²) in [6.45, 7) is 5.82. The number of aryl methyl sites for hydroxylation is 1. The zero-order chi connectivity index (χ0) is 32.6. The van der Waals surface area contributed by atoms with Crippen molar-refractivity contribution in [3.63, 3.8) is 0 Å². The number of benzene rings is 2. The van der Waals surface area contributed by atoms with E-state index in [1.165, 1.54) is 18.7 Å². The van der Waals surface area contributed by atoms with Gasteiger partial charge in [-0.05, 0) is 45.9 Å². The van der Waals surface area contributed by atoms with Gasteiger partial charge in [0.1, 0.15) is 11.3 Å². The third-order valence-electron chi connectivity index (χ3n) is 6.88. The quantitative estimate of drug-likeness (QED) is 0.255. The third kappa shape index (κ3) is 7.00. The maximum Gasteiger partial charge on any atom is 0.416 e. The van der Waals surface area contributed by atoms with Crippen LogP contribution in [0.15, 0.2) is 48.5 Å². The highest BCUT2D eigenvalue weighted by Crippen LogP contribution is 2.37. The lowest BCUT2D eigenvalue weighted by Crippen LogP contribution is -2.55. The molecule has 8 nitrogen and oxygen atoms in total. The number of hydrogen-bond donors (Lipinski definition) is 0. The second kappa shape index (κ2) is 12.2. The molecule has 1 aliphatic rings. The summed E-state index contributed by atoms with van der Waals surface area (Å²) in [6, 6.07) is 8.61. The number of alkyl halides is 6. The molecule has 0 aliphatic carbocycles. The molecule has 1 aromatic heterocycles. The van der Waals surface area contributed by atoms with E-state index >= 15 is 0 Å². The van der Waals surface area contributed by atoms with Gasteiger partial charge >= 0.3 is 18.3 Å².